The Labute approximate surface area is 348 Å². The van der Waals surface area contributed by atoms with Crippen molar-refractivity contribution in [2.75, 3.05) is 77.4 Å². The molecular weight excluding hydrogens is 753 g/mol. The highest BCUT2D eigenvalue weighted by Crippen LogP contribution is 2.33. The molecule has 14 nitrogen and oxygen atoms in total. The molecule has 59 heavy (non-hydrogen) atoms. The summed E-state index contributed by atoms with van der Waals surface area (Å²) >= 11 is 0. The lowest BCUT2D eigenvalue weighted by Gasteiger charge is -2.41. The van der Waals surface area contributed by atoms with Gasteiger partial charge in [0.1, 0.15) is 5.75 Å². The van der Waals surface area contributed by atoms with Crippen molar-refractivity contribution in [1.29, 1.82) is 0 Å². The monoisotopic (exact) mass is 814 g/mol. The number of nitrogens with zero attached hydrogens (tertiary/aromatic N) is 5. The zero-order valence-corrected chi connectivity index (χ0v) is 34.9. The van der Waals surface area contributed by atoms with E-state index in [1.165, 1.54) is 0 Å². The topological polar surface area (TPSA) is 152 Å². The van der Waals surface area contributed by atoms with Gasteiger partial charge in [-0.3, -0.25) is 19.3 Å². The number of carbonyl (C=O) groups excluding carboxylic acids is 5. The van der Waals surface area contributed by atoms with Crippen LogP contribution in [0.2, 0.25) is 0 Å². The van der Waals surface area contributed by atoms with E-state index in [2.05, 4.69) is 10.2 Å². The van der Waals surface area contributed by atoms with E-state index in [0.717, 1.165) is 75.0 Å². The summed E-state index contributed by atoms with van der Waals surface area (Å²) in [5, 5.41) is 13.5. The molecule has 0 spiro atoms. The van der Waals surface area contributed by atoms with Crippen molar-refractivity contribution in [3.63, 3.8) is 0 Å². The van der Waals surface area contributed by atoms with E-state index in [0.29, 0.717) is 94.5 Å². The van der Waals surface area contributed by atoms with Gasteiger partial charge < -0.3 is 39.5 Å². The molecule has 1 atom stereocenters. The van der Waals surface area contributed by atoms with Crippen molar-refractivity contribution in [2.24, 2.45) is 11.8 Å². The van der Waals surface area contributed by atoms with Gasteiger partial charge in [-0.2, -0.15) is 0 Å². The molecule has 7 rings (SSSR count). The largest absolute Gasteiger partial charge is 0.507 e. The van der Waals surface area contributed by atoms with Crippen molar-refractivity contribution in [3.05, 3.63) is 58.7 Å². The number of piperidine rings is 3. The molecule has 5 heterocycles. The molecule has 0 saturated carbocycles. The van der Waals surface area contributed by atoms with Crippen molar-refractivity contribution in [3.8, 4) is 5.75 Å². The van der Waals surface area contributed by atoms with Gasteiger partial charge in [-0.1, -0.05) is 30.3 Å². The molecule has 0 radical (unpaired) electrons. The highest BCUT2D eigenvalue weighted by molar-refractivity contribution is 5.91. The maximum absolute atomic E-state index is 14.2. The number of aromatic hydroxyl groups is 1. The molecule has 5 aliphatic rings. The van der Waals surface area contributed by atoms with E-state index in [-0.39, 0.29) is 48.6 Å². The predicted octanol–water partition coefficient (Wildman–Crippen LogP) is 5.12. The number of para-hydroxylation sites is 1. The Hall–Kier alpha value is -4.85. The van der Waals surface area contributed by atoms with Gasteiger partial charge in [0.05, 0.1) is 13.2 Å². The minimum absolute atomic E-state index is 0.00646. The third-order valence-electron chi connectivity index (χ3n) is 13.3. The van der Waals surface area contributed by atoms with E-state index in [1.807, 2.05) is 64.9 Å². The van der Waals surface area contributed by atoms with Gasteiger partial charge in [-0.15, -0.1) is 0 Å². The quantitative estimate of drug-likeness (QED) is 0.220. The van der Waals surface area contributed by atoms with Gasteiger partial charge in [0.25, 0.3) is 5.91 Å². The van der Waals surface area contributed by atoms with Crippen LogP contribution in [0, 0.1) is 25.7 Å². The summed E-state index contributed by atoms with van der Waals surface area (Å²) in [5.74, 6) is 0.994. The number of carbonyl (C=O) groups is 5. The summed E-state index contributed by atoms with van der Waals surface area (Å²) in [4.78, 5) is 74.9. The van der Waals surface area contributed by atoms with Gasteiger partial charge in [0, 0.05) is 70.4 Å². The lowest BCUT2D eigenvalue weighted by Crippen LogP contribution is -2.52. The van der Waals surface area contributed by atoms with Crippen LogP contribution in [-0.4, -0.2) is 144 Å². The number of esters is 1. The fraction of sp³-hybridized carbons (Fsp3) is 0.622. The third kappa shape index (κ3) is 10.7. The van der Waals surface area contributed by atoms with E-state index >= 15 is 0 Å². The van der Waals surface area contributed by atoms with Gasteiger partial charge in [0.15, 0.2) is 6.10 Å². The molecule has 4 saturated heterocycles. The van der Waals surface area contributed by atoms with Crippen LogP contribution in [-0.2, 0) is 36.7 Å². The second-order valence-electron chi connectivity index (χ2n) is 17.2. The number of phenolic OH excluding ortho intramolecular Hbond substituents is 1. The Kier molecular flexibility index (Phi) is 14.0. The van der Waals surface area contributed by atoms with E-state index < -0.39 is 12.2 Å². The van der Waals surface area contributed by atoms with Gasteiger partial charge in [-0.05, 0) is 125 Å². The van der Waals surface area contributed by atoms with Crippen LogP contribution in [0.25, 0.3) is 0 Å². The van der Waals surface area contributed by atoms with Crippen LogP contribution < -0.4 is 5.32 Å². The standard InChI is InChI=1S/C45H62N6O8/c1-31-27-33(28-32(2)42(31)54)29-39(59-45(57)50-23-15-37(16-24-50)51-25-14-36-7-3-4-8-38(36)46-44(51)56)43(55)49-21-12-35(13-22-49)34-10-19-47(20-11-34)30-41(53)58-26-6-18-48-17-5-9-40(48)52/h3-4,7-8,27-28,34-35,37,39,54H,5-6,9-26,29-30H2,1-2H3,(H,46,56)/t39-/m1/s1. The zero-order valence-electron chi connectivity index (χ0n) is 34.9. The molecule has 14 heteroatoms. The number of hydrogen-bond donors (Lipinski definition) is 2. The van der Waals surface area contributed by atoms with E-state index in [1.54, 1.807) is 4.90 Å². The minimum atomic E-state index is -1.01. The number of benzene rings is 2. The lowest BCUT2D eigenvalue weighted by molar-refractivity contribution is -0.145. The first-order valence-corrected chi connectivity index (χ1v) is 21.9. The molecule has 0 aliphatic carbocycles. The molecule has 5 aliphatic heterocycles. The second kappa shape index (κ2) is 19.5. The summed E-state index contributed by atoms with van der Waals surface area (Å²) in [7, 11) is 0. The minimum Gasteiger partial charge on any atom is -0.507 e. The average molecular weight is 815 g/mol. The number of rotatable bonds is 12. The van der Waals surface area contributed by atoms with E-state index in [9.17, 15) is 29.1 Å². The third-order valence-corrected chi connectivity index (χ3v) is 13.3. The number of amides is 5. The highest BCUT2D eigenvalue weighted by atomic mass is 16.6. The lowest BCUT2D eigenvalue weighted by atomic mass is 9.78. The molecule has 0 aromatic heterocycles. The van der Waals surface area contributed by atoms with Crippen molar-refractivity contribution < 1.29 is 38.6 Å². The Morgan fingerprint density at radius 3 is 2.17 bits per heavy atom. The zero-order chi connectivity index (χ0) is 41.5. The average Bonchev–Trinajstić information content (AvgIpc) is 3.57. The highest BCUT2D eigenvalue weighted by Gasteiger charge is 2.37. The summed E-state index contributed by atoms with van der Waals surface area (Å²) in [6.07, 6.45) is 6.60. The smallest absolute Gasteiger partial charge is 0.410 e. The number of nitrogens with one attached hydrogen (secondary N) is 1. The molecule has 0 unspecified atom stereocenters. The Balaban J connectivity index is 0.883. The van der Waals surface area contributed by atoms with Crippen LogP contribution in [0.5, 0.6) is 5.75 Å². The number of ether oxygens (including phenoxy) is 2. The number of hydrogen-bond acceptors (Lipinski definition) is 9. The van der Waals surface area contributed by atoms with Gasteiger partial charge in [0.2, 0.25) is 5.91 Å². The Bertz CT molecular complexity index is 1810. The van der Waals surface area contributed by atoms with Gasteiger partial charge in [-0.25, -0.2) is 9.59 Å². The molecule has 0 bridgehead atoms. The maximum atomic E-state index is 14.2. The molecule has 4 fully saturated rings. The normalized spacial score (nSPS) is 20.6. The summed E-state index contributed by atoms with van der Waals surface area (Å²) in [6.45, 7) is 10.0. The molecule has 2 aromatic rings. The number of fused-ring (bicyclic) bond motifs is 1. The SMILES string of the molecule is Cc1cc(C[C@@H](OC(=O)N2CCC(N3CCc4ccccc4NC3=O)CC2)C(=O)N2CCC(C3CCN(CC(=O)OCCCN4CCCC4=O)CC3)CC2)cc(C)c1O. The molecule has 2 aromatic carbocycles. The fourth-order valence-corrected chi connectivity index (χ4v) is 9.84. The van der Waals surface area contributed by atoms with Crippen LogP contribution in [0.1, 0.15) is 80.0 Å². The van der Waals surface area contributed by atoms with Crippen molar-refractivity contribution in [2.45, 2.75) is 96.6 Å². The molecule has 320 valence electrons. The maximum Gasteiger partial charge on any atom is 0.410 e. The Morgan fingerprint density at radius 1 is 0.831 bits per heavy atom. The first-order valence-electron chi connectivity index (χ1n) is 21.9. The fourth-order valence-electron chi connectivity index (χ4n) is 9.84. The van der Waals surface area contributed by atoms with Crippen LogP contribution in [0.3, 0.4) is 0 Å². The predicted molar refractivity (Wildman–Crippen MR) is 222 cm³/mol. The van der Waals surface area contributed by atoms with Crippen molar-refractivity contribution in [1.82, 2.24) is 24.5 Å². The van der Waals surface area contributed by atoms with Crippen molar-refractivity contribution >= 4 is 35.6 Å². The van der Waals surface area contributed by atoms with Crippen LogP contribution in [0.15, 0.2) is 36.4 Å². The van der Waals surface area contributed by atoms with Crippen LogP contribution in [0.4, 0.5) is 15.3 Å². The van der Waals surface area contributed by atoms with E-state index in [4.69, 9.17) is 9.47 Å². The molecule has 2 N–H and O–H groups in total. The second-order valence-corrected chi connectivity index (χ2v) is 17.2. The summed E-state index contributed by atoms with van der Waals surface area (Å²) in [6, 6.07) is 11.4. The number of anilines is 1. The first-order chi connectivity index (χ1) is 28.5. The first kappa shape index (κ1) is 42.3. The summed E-state index contributed by atoms with van der Waals surface area (Å²) in [5.41, 5.74) is 4.18. The Morgan fingerprint density at radius 2 is 1.49 bits per heavy atom. The summed E-state index contributed by atoms with van der Waals surface area (Å²) < 4.78 is 11.6. The number of likely N-dealkylation sites (tertiary alicyclic amines) is 4. The number of phenols is 1. The molecular formula is C45H62N6O8. The number of aryl methyl sites for hydroxylation is 2. The number of urea groups is 1. The van der Waals surface area contributed by atoms with Gasteiger partial charge >= 0.3 is 18.1 Å². The van der Waals surface area contributed by atoms with Crippen LogP contribution >= 0.6 is 0 Å². The molecule has 5 amide bonds.